The summed E-state index contributed by atoms with van der Waals surface area (Å²) in [6.45, 7) is 15.2. The highest BCUT2D eigenvalue weighted by Gasteiger charge is 2.38. The Balaban J connectivity index is 1.45. The number of anilines is 1. The van der Waals surface area contributed by atoms with Gasteiger partial charge in [-0.05, 0) is 118 Å². The van der Waals surface area contributed by atoms with E-state index in [2.05, 4.69) is 18.8 Å². The lowest BCUT2D eigenvalue weighted by atomic mass is 9.81. The zero-order valence-corrected chi connectivity index (χ0v) is 28.6. The summed E-state index contributed by atoms with van der Waals surface area (Å²) in [7, 11) is 0. The molecule has 1 aliphatic heterocycles. The van der Waals surface area contributed by atoms with Crippen molar-refractivity contribution in [2.24, 2.45) is 17.3 Å². The van der Waals surface area contributed by atoms with Crippen molar-refractivity contribution in [3.8, 4) is 11.8 Å². The van der Waals surface area contributed by atoms with Crippen molar-refractivity contribution in [1.29, 1.82) is 0 Å². The van der Waals surface area contributed by atoms with E-state index in [9.17, 15) is 19.5 Å². The molecule has 0 bridgehead atoms. The molecule has 0 atom stereocenters. The van der Waals surface area contributed by atoms with Crippen molar-refractivity contribution in [2.75, 3.05) is 18.0 Å². The Morgan fingerprint density at radius 2 is 1.50 bits per heavy atom. The zero-order valence-electron chi connectivity index (χ0n) is 27.7. The average Bonchev–Trinajstić information content (AvgIpc) is 3.37. The van der Waals surface area contributed by atoms with Crippen LogP contribution in [-0.4, -0.2) is 64.9 Å². The van der Waals surface area contributed by atoms with Gasteiger partial charge in [-0.1, -0.05) is 18.8 Å². The van der Waals surface area contributed by atoms with Crippen molar-refractivity contribution >= 4 is 35.0 Å². The Kier molecular flexibility index (Phi) is 11.1. The number of thiophene rings is 1. The van der Waals surface area contributed by atoms with Crippen LogP contribution < -0.4 is 4.90 Å². The second kappa shape index (κ2) is 14.2. The quantitative estimate of drug-likeness (QED) is 0.324. The Labute approximate surface area is 267 Å². The molecule has 3 fully saturated rings. The number of carboxylic acid groups (broad SMARTS) is 1. The molecule has 2 heterocycles. The first kappa shape index (κ1) is 34.3. The first-order chi connectivity index (χ1) is 20.6. The van der Waals surface area contributed by atoms with E-state index in [1.54, 1.807) is 4.90 Å². The fourth-order valence-corrected chi connectivity index (χ4v) is 7.28. The number of carboxylic acids is 1. The Hall–Kier alpha value is -2.57. The Bertz CT molecular complexity index is 1220. The topological polar surface area (TPSA) is 96.4 Å². The van der Waals surface area contributed by atoms with Gasteiger partial charge in [-0.25, -0.2) is 9.59 Å². The van der Waals surface area contributed by atoms with Crippen LogP contribution in [0, 0.1) is 29.1 Å². The lowest BCUT2D eigenvalue weighted by Gasteiger charge is -2.40. The lowest BCUT2D eigenvalue weighted by molar-refractivity contribution is -0.124. The van der Waals surface area contributed by atoms with E-state index in [-0.39, 0.29) is 46.5 Å². The third-order valence-electron chi connectivity index (χ3n) is 8.82. The Morgan fingerprint density at radius 3 is 2.05 bits per heavy atom. The number of nitrogens with zero attached hydrogens (tertiary/aromatic N) is 2. The molecule has 1 aromatic rings. The molecule has 0 radical (unpaired) electrons. The summed E-state index contributed by atoms with van der Waals surface area (Å²) in [5, 5.41) is 10.2. The van der Waals surface area contributed by atoms with Gasteiger partial charge in [-0.3, -0.25) is 4.79 Å². The number of ether oxygens (including phenoxy) is 2. The van der Waals surface area contributed by atoms with Crippen molar-refractivity contribution in [1.82, 2.24) is 4.90 Å². The van der Waals surface area contributed by atoms with Gasteiger partial charge in [-0.2, -0.15) is 0 Å². The van der Waals surface area contributed by atoms with E-state index >= 15 is 0 Å². The van der Waals surface area contributed by atoms with Crippen LogP contribution in [0.5, 0.6) is 0 Å². The fourth-order valence-electron chi connectivity index (χ4n) is 6.44. The van der Waals surface area contributed by atoms with Crippen LogP contribution in [-0.2, 0) is 14.3 Å². The van der Waals surface area contributed by atoms with Crippen LogP contribution in [0.2, 0.25) is 0 Å². The van der Waals surface area contributed by atoms with Crippen LogP contribution in [0.15, 0.2) is 6.07 Å². The van der Waals surface area contributed by atoms with Gasteiger partial charge in [-0.15, -0.1) is 11.3 Å². The highest BCUT2D eigenvalue weighted by atomic mass is 32.1. The number of piperidine rings is 1. The van der Waals surface area contributed by atoms with Gasteiger partial charge >= 0.3 is 12.1 Å². The van der Waals surface area contributed by atoms with E-state index in [1.807, 2.05) is 52.5 Å². The summed E-state index contributed by atoms with van der Waals surface area (Å²) >= 11 is 1.17. The molecule has 1 N–H and O–H groups in total. The summed E-state index contributed by atoms with van der Waals surface area (Å²) in [6, 6.07) is 1.75. The molecule has 0 aromatic carbocycles. The molecule has 0 unspecified atom stereocenters. The number of likely N-dealkylation sites (tertiary alicyclic amines) is 1. The summed E-state index contributed by atoms with van der Waals surface area (Å²) in [5.74, 6) is 5.97. The normalized spacial score (nSPS) is 25.1. The van der Waals surface area contributed by atoms with Gasteiger partial charge < -0.3 is 24.4 Å². The molecular weight excluding hydrogens is 576 g/mol. The van der Waals surface area contributed by atoms with E-state index in [0.29, 0.717) is 29.6 Å². The third kappa shape index (κ3) is 9.47. The van der Waals surface area contributed by atoms with E-state index in [4.69, 9.17) is 9.47 Å². The van der Waals surface area contributed by atoms with Crippen molar-refractivity contribution in [3.05, 3.63) is 15.8 Å². The molecular formula is C35H52N2O6S. The van der Waals surface area contributed by atoms with E-state index in [0.717, 1.165) is 64.2 Å². The molecule has 2 aliphatic carbocycles. The minimum absolute atomic E-state index is 0.0615. The summed E-state index contributed by atoms with van der Waals surface area (Å²) in [6.07, 6.45) is 8.35. The van der Waals surface area contributed by atoms with Gasteiger partial charge in [0, 0.05) is 30.5 Å². The molecule has 2 saturated carbocycles. The first-order valence-electron chi connectivity index (χ1n) is 16.5. The van der Waals surface area contributed by atoms with Crippen molar-refractivity contribution in [2.45, 2.75) is 137 Å². The highest BCUT2D eigenvalue weighted by Crippen LogP contribution is 2.39. The lowest BCUT2D eigenvalue weighted by Crippen LogP contribution is -2.48. The number of aromatic carboxylic acids is 1. The minimum Gasteiger partial charge on any atom is -0.477 e. The van der Waals surface area contributed by atoms with Crippen LogP contribution >= 0.6 is 11.3 Å². The Morgan fingerprint density at radius 1 is 0.909 bits per heavy atom. The summed E-state index contributed by atoms with van der Waals surface area (Å²) < 4.78 is 12.0. The maximum absolute atomic E-state index is 14.2. The van der Waals surface area contributed by atoms with Crippen molar-refractivity contribution < 1.29 is 29.0 Å². The van der Waals surface area contributed by atoms with Crippen LogP contribution in [0.3, 0.4) is 0 Å². The third-order valence-corrected chi connectivity index (χ3v) is 9.84. The molecule has 1 aromatic heterocycles. The number of amides is 2. The maximum Gasteiger partial charge on any atom is 0.410 e. The summed E-state index contributed by atoms with van der Waals surface area (Å²) in [5.41, 5.74) is -0.223. The molecule has 1 saturated heterocycles. The van der Waals surface area contributed by atoms with E-state index in [1.165, 1.54) is 11.3 Å². The van der Waals surface area contributed by atoms with Gasteiger partial charge in [0.2, 0.25) is 5.91 Å². The van der Waals surface area contributed by atoms with Crippen molar-refractivity contribution in [3.63, 3.8) is 0 Å². The summed E-state index contributed by atoms with van der Waals surface area (Å²) in [4.78, 5) is 43.6. The number of rotatable bonds is 6. The molecule has 4 rings (SSSR count). The molecule has 3 aliphatic rings. The number of carbonyl (C=O) groups excluding carboxylic acids is 2. The van der Waals surface area contributed by atoms with Gasteiger partial charge in [0.1, 0.15) is 10.5 Å². The molecule has 9 heteroatoms. The average molecular weight is 629 g/mol. The predicted octanol–water partition coefficient (Wildman–Crippen LogP) is 7.73. The van der Waals surface area contributed by atoms with Crippen LogP contribution in [0.1, 0.15) is 127 Å². The maximum atomic E-state index is 14.2. The smallest absolute Gasteiger partial charge is 0.410 e. The minimum atomic E-state index is -1.02. The number of hydrogen-bond donors (Lipinski definition) is 1. The van der Waals surface area contributed by atoms with Crippen LogP contribution in [0.25, 0.3) is 0 Å². The largest absolute Gasteiger partial charge is 0.477 e. The molecule has 2 amide bonds. The standard InChI is InChI=1S/C35H52N2O6S/c1-23-8-10-24(11-9-23)31(38)37(29-22-28(16-19-34(2,3)4)44-30(29)32(39)40)25-12-14-26(15-13-25)42-27-17-20-36(21-18-27)33(41)43-35(5,6)7/h22-27H,8-15,17-18,20-21H2,1-7H3,(H,39,40)/t23-,24-,25-,26-. The van der Waals surface area contributed by atoms with E-state index < -0.39 is 11.6 Å². The van der Waals surface area contributed by atoms with Crippen LogP contribution in [0.4, 0.5) is 10.5 Å². The molecule has 0 spiro atoms. The fraction of sp³-hybridized carbons (Fsp3) is 0.743. The molecule has 8 nitrogen and oxygen atoms in total. The van der Waals surface area contributed by atoms with Gasteiger partial charge in [0.05, 0.1) is 22.8 Å². The second-order valence-corrected chi connectivity index (χ2v) is 16.1. The van der Waals surface area contributed by atoms with Gasteiger partial charge in [0.15, 0.2) is 0 Å². The second-order valence-electron chi connectivity index (χ2n) is 15.0. The molecule has 44 heavy (non-hydrogen) atoms. The number of hydrogen-bond acceptors (Lipinski definition) is 6. The SMILES string of the molecule is CC(C)(C)C#Cc1cc(N(C(=O)[C@H]2CC[C@H](C)CC2)[C@H]2CC[C@H](OC3CCN(C(=O)OC(C)(C)C)CC3)CC2)c(C(=O)O)s1. The molecule has 244 valence electrons. The highest BCUT2D eigenvalue weighted by molar-refractivity contribution is 7.15. The number of carbonyl (C=O) groups is 3. The monoisotopic (exact) mass is 628 g/mol. The first-order valence-corrected chi connectivity index (χ1v) is 17.3. The predicted molar refractivity (Wildman–Crippen MR) is 174 cm³/mol. The zero-order chi connectivity index (χ0) is 32.2. The van der Waals surface area contributed by atoms with Gasteiger partial charge in [0.25, 0.3) is 0 Å².